The molecular weight excluding hydrogens is 368 g/mol. The molecule has 2 fully saturated rings. The van der Waals surface area contributed by atoms with E-state index in [1.807, 2.05) is 48.2 Å². The highest BCUT2D eigenvalue weighted by molar-refractivity contribution is 5.77. The molecular formula is C22H28N4O3. The molecule has 154 valence electrons. The molecule has 29 heavy (non-hydrogen) atoms. The normalized spacial score (nSPS) is 22.1. The third-order valence-electron chi connectivity index (χ3n) is 5.62. The van der Waals surface area contributed by atoms with E-state index in [1.165, 1.54) is 0 Å². The Bertz CT molecular complexity index is 866. The lowest BCUT2D eigenvalue weighted by atomic mass is 9.97. The molecule has 0 radical (unpaired) electrons. The standard InChI is InChI=1S/C22H28N4O3/c1-15(2)23-12-16(3)21-11-19(24-29-21)20-10-9-18-13-25(20)22(27)26(18)28-14-17-7-5-4-6-8-17/h4-8,11,16,18,20,23H,1,9-10,12-14H2,2-3H3/t16-,18+,20-/m0/s1. The van der Waals surface area contributed by atoms with Crippen molar-refractivity contribution >= 4 is 6.03 Å². The maximum absolute atomic E-state index is 13.0. The van der Waals surface area contributed by atoms with Gasteiger partial charge in [-0.05, 0) is 25.3 Å². The van der Waals surface area contributed by atoms with Gasteiger partial charge in [-0.15, -0.1) is 0 Å². The summed E-state index contributed by atoms with van der Waals surface area (Å²) >= 11 is 0. The van der Waals surface area contributed by atoms with Gasteiger partial charge >= 0.3 is 6.03 Å². The van der Waals surface area contributed by atoms with Crippen LogP contribution in [0.3, 0.4) is 0 Å². The summed E-state index contributed by atoms with van der Waals surface area (Å²) in [6, 6.07) is 11.8. The molecule has 7 heteroatoms. The second-order valence-corrected chi connectivity index (χ2v) is 7.98. The second-order valence-electron chi connectivity index (χ2n) is 7.98. The lowest BCUT2D eigenvalue weighted by Gasteiger charge is -2.28. The Morgan fingerprint density at radius 3 is 2.93 bits per heavy atom. The largest absolute Gasteiger partial charge is 0.388 e. The van der Waals surface area contributed by atoms with Crippen molar-refractivity contribution in [3.63, 3.8) is 0 Å². The third-order valence-corrected chi connectivity index (χ3v) is 5.62. The van der Waals surface area contributed by atoms with Crippen molar-refractivity contribution in [2.24, 2.45) is 0 Å². The van der Waals surface area contributed by atoms with Gasteiger partial charge in [0.2, 0.25) is 0 Å². The molecule has 0 aliphatic carbocycles. The Morgan fingerprint density at radius 1 is 1.38 bits per heavy atom. The van der Waals surface area contributed by atoms with E-state index in [0.29, 0.717) is 13.2 Å². The lowest BCUT2D eigenvalue weighted by Crippen LogP contribution is -2.34. The van der Waals surface area contributed by atoms with Crippen LogP contribution in [0.5, 0.6) is 0 Å². The van der Waals surface area contributed by atoms with Crippen LogP contribution in [0.1, 0.15) is 55.7 Å². The van der Waals surface area contributed by atoms with Gasteiger partial charge in [-0.25, -0.2) is 4.79 Å². The topological polar surface area (TPSA) is 70.8 Å². The van der Waals surface area contributed by atoms with Crippen LogP contribution in [0.4, 0.5) is 4.79 Å². The van der Waals surface area contributed by atoms with Gasteiger partial charge in [-0.3, -0.25) is 4.84 Å². The number of urea groups is 1. The highest BCUT2D eigenvalue weighted by atomic mass is 16.7. The van der Waals surface area contributed by atoms with Crippen LogP contribution in [0.25, 0.3) is 0 Å². The van der Waals surface area contributed by atoms with Gasteiger partial charge in [0.05, 0.1) is 12.1 Å². The molecule has 3 heterocycles. The summed E-state index contributed by atoms with van der Waals surface area (Å²) in [5, 5.41) is 9.06. The molecule has 0 saturated carbocycles. The Balaban J connectivity index is 1.40. The van der Waals surface area contributed by atoms with Crippen LogP contribution in [0.2, 0.25) is 0 Å². The number of hydroxylamine groups is 2. The quantitative estimate of drug-likeness (QED) is 0.731. The average molecular weight is 396 g/mol. The molecule has 2 aliphatic rings. The summed E-state index contributed by atoms with van der Waals surface area (Å²) in [6.07, 6.45) is 1.74. The van der Waals surface area contributed by atoms with Gasteiger partial charge in [0.15, 0.2) is 0 Å². The first-order chi connectivity index (χ1) is 14.0. The highest BCUT2D eigenvalue weighted by Gasteiger charge is 2.47. The fourth-order valence-corrected chi connectivity index (χ4v) is 3.94. The number of piperidine rings is 1. The minimum absolute atomic E-state index is 0.0668. The molecule has 2 saturated heterocycles. The molecule has 2 bridgehead atoms. The minimum atomic E-state index is -0.0880. The van der Waals surface area contributed by atoms with Gasteiger partial charge in [0, 0.05) is 30.8 Å². The number of hydrogen-bond donors (Lipinski definition) is 1. The van der Waals surface area contributed by atoms with E-state index in [-0.39, 0.29) is 24.0 Å². The summed E-state index contributed by atoms with van der Waals surface area (Å²) in [5.74, 6) is 0.990. The van der Waals surface area contributed by atoms with Gasteiger partial charge in [-0.1, -0.05) is 49.0 Å². The SMILES string of the molecule is C=C(C)NC[C@H](C)c1cc([C@@H]2CC[C@@H]3CN2C(=O)N3OCc2ccccc2)no1. The first-order valence-electron chi connectivity index (χ1n) is 10.2. The Labute approximate surface area is 171 Å². The highest BCUT2D eigenvalue weighted by Crippen LogP contribution is 2.38. The zero-order chi connectivity index (χ0) is 20.4. The number of allylic oxidation sites excluding steroid dienone is 1. The van der Waals surface area contributed by atoms with Gasteiger partial charge in [0.25, 0.3) is 0 Å². The van der Waals surface area contributed by atoms with Crippen LogP contribution in [0, 0.1) is 0 Å². The van der Waals surface area contributed by atoms with Gasteiger partial charge in [0.1, 0.15) is 18.1 Å². The number of carbonyl (C=O) groups is 1. The number of nitrogens with zero attached hydrogens (tertiary/aromatic N) is 3. The monoisotopic (exact) mass is 396 g/mol. The van der Waals surface area contributed by atoms with Crippen molar-refractivity contribution < 1.29 is 14.2 Å². The van der Waals surface area contributed by atoms with Crippen molar-refractivity contribution in [2.75, 3.05) is 13.1 Å². The Kier molecular flexibility index (Phi) is 5.58. The van der Waals surface area contributed by atoms with E-state index in [0.717, 1.165) is 42.1 Å². The van der Waals surface area contributed by atoms with Crippen molar-refractivity contribution in [2.45, 2.75) is 51.3 Å². The molecule has 4 rings (SSSR count). The lowest BCUT2D eigenvalue weighted by molar-refractivity contribution is -0.140. The van der Waals surface area contributed by atoms with Crippen LogP contribution in [0.15, 0.2) is 53.2 Å². The van der Waals surface area contributed by atoms with Crippen molar-refractivity contribution in [3.05, 3.63) is 65.7 Å². The molecule has 0 unspecified atom stereocenters. The van der Waals surface area contributed by atoms with E-state index in [1.54, 1.807) is 5.06 Å². The Morgan fingerprint density at radius 2 is 2.17 bits per heavy atom. The number of rotatable bonds is 8. The van der Waals surface area contributed by atoms with Crippen LogP contribution < -0.4 is 5.32 Å². The number of nitrogens with one attached hydrogen (secondary N) is 1. The second kappa shape index (κ2) is 8.29. The maximum Gasteiger partial charge on any atom is 0.344 e. The summed E-state index contributed by atoms with van der Waals surface area (Å²) in [4.78, 5) is 20.7. The zero-order valence-corrected chi connectivity index (χ0v) is 17.0. The first-order valence-corrected chi connectivity index (χ1v) is 10.2. The average Bonchev–Trinajstić information content (AvgIpc) is 3.30. The predicted molar refractivity (Wildman–Crippen MR) is 109 cm³/mol. The first kappa shape index (κ1) is 19.5. The van der Waals surface area contributed by atoms with Crippen molar-refractivity contribution in [3.8, 4) is 0 Å². The number of aromatic nitrogens is 1. The minimum Gasteiger partial charge on any atom is -0.388 e. The predicted octanol–water partition coefficient (Wildman–Crippen LogP) is 3.97. The number of benzene rings is 1. The van der Waals surface area contributed by atoms with Crippen LogP contribution in [-0.4, -0.2) is 40.3 Å². The number of carbonyl (C=O) groups excluding carboxylic acids is 1. The van der Waals surface area contributed by atoms with E-state index >= 15 is 0 Å². The molecule has 2 amide bonds. The van der Waals surface area contributed by atoms with Gasteiger partial charge < -0.3 is 14.7 Å². The van der Waals surface area contributed by atoms with E-state index in [4.69, 9.17) is 9.36 Å². The maximum atomic E-state index is 13.0. The smallest absolute Gasteiger partial charge is 0.344 e. The van der Waals surface area contributed by atoms with E-state index in [9.17, 15) is 4.79 Å². The van der Waals surface area contributed by atoms with Crippen LogP contribution >= 0.6 is 0 Å². The fourth-order valence-electron chi connectivity index (χ4n) is 3.94. The van der Waals surface area contributed by atoms with Crippen molar-refractivity contribution in [1.82, 2.24) is 20.4 Å². The summed E-state index contributed by atoms with van der Waals surface area (Å²) in [7, 11) is 0. The number of amides is 2. The molecule has 2 aromatic rings. The van der Waals surface area contributed by atoms with Crippen molar-refractivity contribution in [1.29, 1.82) is 0 Å². The van der Waals surface area contributed by atoms with E-state index < -0.39 is 0 Å². The molecule has 1 N–H and O–H groups in total. The number of hydrogen-bond acceptors (Lipinski definition) is 5. The summed E-state index contributed by atoms with van der Waals surface area (Å²) in [6.45, 7) is 9.66. The van der Waals surface area contributed by atoms with E-state index in [2.05, 4.69) is 24.0 Å². The van der Waals surface area contributed by atoms with Gasteiger partial charge in [-0.2, -0.15) is 5.06 Å². The molecule has 2 aliphatic heterocycles. The summed E-state index contributed by atoms with van der Waals surface area (Å²) in [5.41, 5.74) is 2.79. The molecule has 1 aromatic heterocycles. The fraction of sp³-hybridized carbons (Fsp3) is 0.455. The zero-order valence-electron chi connectivity index (χ0n) is 17.0. The molecule has 0 spiro atoms. The molecule has 3 atom stereocenters. The molecule has 7 nitrogen and oxygen atoms in total. The van der Waals surface area contributed by atoms with Crippen LogP contribution in [-0.2, 0) is 11.4 Å². The summed E-state index contributed by atoms with van der Waals surface area (Å²) < 4.78 is 5.58. The molecule has 1 aromatic carbocycles. The number of fused-ring (bicyclic) bond motifs is 2. The third kappa shape index (κ3) is 4.15. The Hall–Kier alpha value is -2.80.